The van der Waals surface area contributed by atoms with Gasteiger partial charge in [0.1, 0.15) is 11.8 Å². The van der Waals surface area contributed by atoms with Crippen LogP contribution in [0.3, 0.4) is 0 Å². The molecule has 2 aliphatic heterocycles. The number of nitriles is 1. The fourth-order valence-electron chi connectivity index (χ4n) is 4.75. The summed E-state index contributed by atoms with van der Waals surface area (Å²) < 4.78 is 12.7. The fourth-order valence-corrected chi connectivity index (χ4v) is 4.87. The van der Waals surface area contributed by atoms with Crippen molar-refractivity contribution in [3.8, 4) is 17.6 Å². The van der Waals surface area contributed by atoms with Gasteiger partial charge in [-0.3, -0.25) is 4.90 Å². The van der Waals surface area contributed by atoms with Gasteiger partial charge in [-0.05, 0) is 80.7 Å². The number of fused-ring (bicyclic) bond motifs is 1. The summed E-state index contributed by atoms with van der Waals surface area (Å²) in [5.74, 6) is 1.19. The molecule has 3 aromatic rings. The van der Waals surface area contributed by atoms with E-state index in [-0.39, 0.29) is 0 Å². The van der Waals surface area contributed by atoms with E-state index in [4.69, 9.17) is 26.3 Å². The number of benzene rings is 2. The highest BCUT2D eigenvalue weighted by molar-refractivity contribution is 6.30. The summed E-state index contributed by atoms with van der Waals surface area (Å²) in [4.78, 5) is 6.93. The first-order valence-corrected chi connectivity index (χ1v) is 11.7. The molecule has 0 aliphatic carbocycles. The van der Waals surface area contributed by atoms with Crippen LogP contribution in [0.2, 0.25) is 5.02 Å². The van der Waals surface area contributed by atoms with Crippen LogP contribution in [0.5, 0.6) is 11.5 Å². The first kappa shape index (κ1) is 21.8. The maximum absolute atomic E-state index is 9.16. The summed E-state index contributed by atoms with van der Waals surface area (Å²) in [6, 6.07) is 19.7. The monoisotopic (exact) mass is 459 g/mol. The van der Waals surface area contributed by atoms with Gasteiger partial charge in [0.25, 0.3) is 5.79 Å². The molecule has 33 heavy (non-hydrogen) atoms. The molecule has 0 amide bonds. The molecule has 1 atom stereocenters. The van der Waals surface area contributed by atoms with Gasteiger partial charge in [-0.15, -0.1) is 0 Å². The Balaban J connectivity index is 1.29. The predicted molar refractivity (Wildman–Crippen MR) is 127 cm³/mol. The number of hydrogen-bond acceptors (Lipinski definition) is 5. The van der Waals surface area contributed by atoms with Crippen molar-refractivity contribution in [3.05, 3.63) is 87.7 Å². The molecular formula is C27H26ClN3O2. The smallest absolute Gasteiger partial charge is 0.275 e. The van der Waals surface area contributed by atoms with Gasteiger partial charge >= 0.3 is 0 Å². The number of ether oxygens (including phenoxy) is 2. The van der Waals surface area contributed by atoms with Crippen molar-refractivity contribution in [1.29, 1.82) is 5.26 Å². The zero-order valence-corrected chi connectivity index (χ0v) is 19.6. The quantitative estimate of drug-likeness (QED) is 0.483. The minimum atomic E-state index is -0.862. The van der Waals surface area contributed by atoms with Crippen LogP contribution in [0, 0.1) is 18.3 Å². The molecule has 168 valence electrons. The van der Waals surface area contributed by atoms with E-state index in [9.17, 15) is 0 Å². The Hall–Kier alpha value is -3.07. The summed E-state index contributed by atoms with van der Waals surface area (Å²) in [5.41, 5.74) is 4.75. The van der Waals surface area contributed by atoms with Gasteiger partial charge in [0.2, 0.25) is 0 Å². The zero-order valence-electron chi connectivity index (χ0n) is 18.8. The fraction of sp³-hybridized carbons (Fsp3) is 0.333. The first-order chi connectivity index (χ1) is 15.9. The predicted octanol–water partition coefficient (Wildman–Crippen LogP) is 5.94. The summed E-state index contributed by atoms with van der Waals surface area (Å²) in [6.45, 7) is 6.73. The number of hydrogen-bond donors (Lipinski definition) is 0. The summed E-state index contributed by atoms with van der Waals surface area (Å²) >= 11 is 6.06. The van der Waals surface area contributed by atoms with Crippen molar-refractivity contribution in [1.82, 2.24) is 9.88 Å². The Morgan fingerprint density at radius 3 is 2.58 bits per heavy atom. The standard InChI is InChI=1S/C27H26ClN3O2/c1-18-6-11-22(16-29)30-24(18)17-31-14-12-19(13-15-31)23-4-3-5-25-26(23)33-27(2,32-25)20-7-9-21(28)10-8-20/h3-11,19H,12-15,17H2,1-2H3. The maximum atomic E-state index is 9.16. The molecule has 2 aliphatic rings. The minimum absolute atomic E-state index is 0.409. The number of pyridine rings is 1. The van der Waals surface area contributed by atoms with E-state index in [2.05, 4.69) is 35.0 Å². The highest BCUT2D eigenvalue weighted by Crippen LogP contribution is 2.49. The Morgan fingerprint density at radius 1 is 1.09 bits per heavy atom. The molecular weight excluding hydrogens is 434 g/mol. The van der Waals surface area contributed by atoms with Crippen LogP contribution in [-0.4, -0.2) is 23.0 Å². The van der Waals surface area contributed by atoms with Gasteiger partial charge in [-0.2, -0.15) is 5.26 Å². The van der Waals surface area contributed by atoms with E-state index in [0.717, 1.165) is 60.8 Å². The maximum Gasteiger partial charge on any atom is 0.275 e. The van der Waals surface area contributed by atoms with Gasteiger partial charge in [0.05, 0.1) is 5.69 Å². The molecule has 2 aromatic carbocycles. The molecule has 6 heteroatoms. The topological polar surface area (TPSA) is 58.4 Å². The molecule has 0 radical (unpaired) electrons. The Labute approximate surface area is 199 Å². The second kappa shape index (κ2) is 8.70. The van der Waals surface area contributed by atoms with E-state index in [0.29, 0.717) is 16.6 Å². The molecule has 1 unspecified atom stereocenters. The van der Waals surface area contributed by atoms with E-state index >= 15 is 0 Å². The highest BCUT2D eigenvalue weighted by atomic mass is 35.5. The van der Waals surface area contributed by atoms with E-state index < -0.39 is 5.79 Å². The van der Waals surface area contributed by atoms with Gasteiger partial charge in [0.15, 0.2) is 11.5 Å². The van der Waals surface area contributed by atoms with Gasteiger partial charge in [-0.25, -0.2) is 4.98 Å². The van der Waals surface area contributed by atoms with Crippen molar-refractivity contribution in [2.75, 3.05) is 13.1 Å². The molecule has 1 aromatic heterocycles. The second-order valence-corrected chi connectivity index (χ2v) is 9.39. The van der Waals surface area contributed by atoms with Crippen LogP contribution in [0.1, 0.15) is 53.8 Å². The number of rotatable bonds is 4. The Kier molecular flexibility index (Phi) is 5.74. The molecule has 5 rings (SSSR count). The molecule has 0 bridgehead atoms. The van der Waals surface area contributed by atoms with Crippen molar-refractivity contribution in [3.63, 3.8) is 0 Å². The molecule has 1 fully saturated rings. The van der Waals surface area contributed by atoms with Crippen molar-refractivity contribution in [2.45, 2.75) is 44.9 Å². The number of para-hydroxylation sites is 1. The lowest BCUT2D eigenvalue weighted by molar-refractivity contribution is -0.0685. The van der Waals surface area contributed by atoms with Crippen LogP contribution in [0.15, 0.2) is 54.6 Å². The van der Waals surface area contributed by atoms with E-state index in [1.54, 1.807) is 6.07 Å². The van der Waals surface area contributed by atoms with Crippen LogP contribution in [0.25, 0.3) is 0 Å². The van der Waals surface area contributed by atoms with E-state index in [1.807, 2.05) is 43.3 Å². The van der Waals surface area contributed by atoms with Crippen molar-refractivity contribution < 1.29 is 9.47 Å². The molecule has 5 nitrogen and oxygen atoms in total. The molecule has 0 saturated carbocycles. The molecule has 3 heterocycles. The summed E-state index contributed by atoms with van der Waals surface area (Å²) in [6.07, 6.45) is 2.07. The minimum Gasteiger partial charge on any atom is -0.445 e. The normalized spacial score (nSPS) is 20.5. The summed E-state index contributed by atoms with van der Waals surface area (Å²) in [5, 5.41) is 9.85. The average molecular weight is 460 g/mol. The van der Waals surface area contributed by atoms with Crippen molar-refractivity contribution >= 4 is 11.6 Å². The SMILES string of the molecule is Cc1ccc(C#N)nc1CN1CCC(c2cccc3c2OC(C)(c2ccc(Cl)cc2)O3)CC1. The largest absolute Gasteiger partial charge is 0.445 e. The van der Waals surface area contributed by atoms with Crippen LogP contribution in [0.4, 0.5) is 0 Å². The third-order valence-electron chi connectivity index (χ3n) is 6.70. The van der Waals surface area contributed by atoms with Crippen LogP contribution < -0.4 is 9.47 Å². The first-order valence-electron chi connectivity index (χ1n) is 11.3. The number of aryl methyl sites for hydroxylation is 1. The lowest BCUT2D eigenvalue weighted by atomic mass is 9.88. The van der Waals surface area contributed by atoms with Gasteiger partial charge in [0, 0.05) is 29.6 Å². The highest BCUT2D eigenvalue weighted by Gasteiger charge is 2.41. The lowest BCUT2D eigenvalue weighted by Crippen LogP contribution is -2.33. The molecule has 0 spiro atoms. The number of aromatic nitrogens is 1. The third-order valence-corrected chi connectivity index (χ3v) is 6.95. The Bertz CT molecular complexity index is 1210. The van der Waals surface area contributed by atoms with E-state index in [1.165, 1.54) is 5.56 Å². The number of likely N-dealkylation sites (tertiary alicyclic amines) is 1. The van der Waals surface area contributed by atoms with Crippen LogP contribution >= 0.6 is 11.6 Å². The third kappa shape index (κ3) is 4.29. The zero-order chi connectivity index (χ0) is 23.0. The summed E-state index contributed by atoms with van der Waals surface area (Å²) in [7, 11) is 0. The molecule has 0 N–H and O–H groups in total. The lowest BCUT2D eigenvalue weighted by Gasteiger charge is -2.32. The van der Waals surface area contributed by atoms with Crippen LogP contribution in [-0.2, 0) is 12.3 Å². The molecule has 1 saturated heterocycles. The number of piperidine rings is 1. The number of nitrogens with zero attached hydrogens (tertiary/aromatic N) is 3. The number of halogens is 1. The van der Waals surface area contributed by atoms with Gasteiger partial charge in [-0.1, -0.05) is 29.8 Å². The average Bonchev–Trinajstić information content (AvgIpc) is 3.19. The van der Waals surface area contributed by atoms with Crippen molar-refractivity contribution in [2.24, 2.45) is 0 Å². The van der Waals surface area contributed by atoms with Gasteiger partial charge < -0.3 is 9.47 Å². The second-order valence-electron chi connectivity index (χ2n) is 8.95. The Morgan fingerprint density at radius 2 is 1.85 bits per heavy atom.